The summed E-state index contributed by atoms with van der Waals surface area (Å²) in [5, 5.41) is 7.96. The number of hydrogen-bond acceptors (Lipinski definition) is 5. The molecule has 0 atom stereocenters. The zero-order valence-electron chi connectivity index (χ0n) is 12.8. The minimum absolute atomic E-state index is 0.704. The number of ether oxygens (including phenoxy) is 1. The lowest BCUT2D eigenvalue weighted by Crippen LogP contribution is -2.06. The lowest BCUT2D eigenvalue weighted by atomic mass is 10.2. The van der Waals surface area contributed by atoms with Crippen LogP contribution < -0.4 is 10.1 Å². The van der Waals surface area contributed by atoms with Gasteiger partial charge < -0.3 is 10.1 Å². The first-order valence-corrected chi connectivity index (χ1v) is 7.40. The highest BCUT2D eigenvalue weighted by Crippen LogP contribution is 2.28. The van der Waals surface area contributed by atoms with E-state index in [4.69, 9.17) is 4.74 Å². The normalized spacial score (nSPS) is 10.8. The number of anilines is 1. The second-order valence-corrected chi connectivity index (χ2v) is 4.99. The zero-order valence-corrected chi connectivity index (χ0v) is 12.8. The highest BCUT2D eigenvalue weighted by atomic mass is 16.5. The average molecular weight is 297 g/mol. The molecule has 1 N–H and O–H groups in total. The Balaban J connectivity index is 2.01. The molecular formula is C16H19N5O. The van der Waals surface area contributed by atoms with E-state index >= 15 is 0 Å². The maximum Gasteiger partial charge on any atom is 0.154 e. The van der Waals surface area contributed by atoms with Crippen molar-refractivity contribution in [3.8, 4) is 17.0 Å². The molecule has 3 rings (SSSR count). The molecule has 6 heteroatoms. The van der Waals surface area contributed by atoms with Crippen molar-refractivity contribution >= 4 is 11.5 Å². The van der Waals surface area contributed by atoms with E-state index in [1.807, 2.05) is 22.7 Å². The molecule has 0 spiro atoms. The number of imidazole rings is 1. The van der Waals surface area contributed by atoms with Gasteiger partial charge >= 0.3 is 0 Å². The number of unbranched alkanes of at least 4 members (excludes halogenated alkanes) is 1. The average Bonchev–Trinajstić information content (AvgIpc) is 2.98. The number of rotatable bonds is 6. The van der Waals surface area contributed by atoms with E-state index in [1.54, 1.807) is 25.7 Å². The van der Waals surface area contributed by atoms with Crippen LogP contribution in [0.3, 0.4) is 0 Å². The van der Waals surface area contributed by atoms with E-state index in [2.05, 4.69) is 27.3 Å². The molecule has 0 saturated carbocycles. The quantitative estimate of drug-likeness (QED) is 0.709. The van der Waals surface area contributed by atoms with Crippen LogP contribution in [0.1, 0.15) is 19.8 Å². The smallest absolute Gasteiger partial charge is 0.154 e. The molecule has 3 aromatic heterocycles. The molecule has 0 aliphatic carbocycles. The van der Waals surface area contributed by atoms with Crippen LogP contribution in [0.4, 0.5) is 5.82 Å². The number of methoxy groups -OCH3 is 1. The predicted molar refractivity (Wildman–Crippen MR) is 86.2 cm³/mol. The molecule has 0 radical (unpaired) electrons. The molecule has 0 unspecified atom stereocenters. The molecule has 0 amide bonds. The van der Waals surface area contributed by atoms with Crippen molar-refractivity contribution in [1.29, 1.82) is 0 Å². The molecule has 0 aliphatic heterocycles. The van der Waals surface area contributed by atoms with Gasteiger partial charge in [0.15, 0.2) is 5.65 Å². The topological polar surface area (TPSA) is 64.3 Å². The predicted octanol–water partition coefficient (Wildman–Crippen LogP) is 3.01. The third-order valence-corrected chi connectivity index (χ3v) is 3.48. The van der Waals surface area contributed by atoms with Gasteiger partial charge in [-0.1, -0.05) is 13.3 Å². The van der Waals surface area contributed by atoms with Gasteiger partial charge in [-0.15, -0.1) is 5.10 Å². The van der Waals surface area contributed by atoms with E-state index in [1.165, 1.54) is 0 Å². The van der Waals surface area contributed by atoms with Crippen LogP contribution in [0.25, 0.3) is 16.9 Å². The highest BCUT2D eigenvalue weighted by molar-refractivity contribution is 5.69. The maximum absolute atomic E-state index is 5.38. The molecule has 22 heavy (non-hydrogen) atoms. The summed E-state index contributed by atoms with van der Waals surface area (Å²) in [6, 6.07) is 5.81. The molecule has 114 valence electrons. The minimum atomic E-state index is 0.704. The van der Waals surface area contributed by atoms with E-state index < -0.39 is 0 Å². The Bertz CT molecular complexity index is 768. The van der Waals surface area contributed by atoms with Crippen LogP contribution in [0.15, 0.2) is 36.8 Å². The van der Waals surface area contributed by atoms with E-state index in [-0.39, 0.29) is 0 Å². The minimum Gasteiger partial charge on any atom is -0.494 e. The van der Waals surface area contributed by atoms with Crippen molar-refractivity contribution in [2.75, 3.05) is 19.0 Å². The summed E-state index contributed by atoms with van der Waals surface area (Å²) in [6.45, 7) is 3.08. The van der Waals surface area contributed by atoms with Crippen LogP contribution in [0, 0.1) is 0 Å². The summed E-state index contributed by atoms with van der Waals surface area (Å²) >= 11 is 0. The number of nitrogens with zero attached hydrogens (tertiary/aromatic N) is 4. The first-order valence-electron chi connectivity index (χ1n) is 7.40. The lowest BCUT2D eigenvalue weighted by molar-refractivity contribution is 0.414. The Morgan fingerprint density at radius 2 is 2.14 bits per heavy atom. The van der Waals surface area contributed by atoms with Crippen molar-refractivity contribution in [3.63, 3.8) is 0 Å². The van der Waals surface area contributed by atoms with Crippen molar-refractivity contribution in [3.05, 3.63) is 36.8 Å². The van der Waals surface area contributed by atoms with Crippen LogP contribution in [0.5, 0.6) is 5.75 Å². The van der Waals surface area contributed by atoms with E-state index in [0.29, 0.717) is 5.75 Å². The van der Waals surface area contributed by atoms with Gasteiger partial charge in [-0.25, -0.2) is 9.50 Å². The van der Waals surface area contributed by atoms with Crippen molar-refractivity contribution < 1.29 is 4.74 Å². The first-order chi connectivity index (χ1) is 10.8. The number of aromatic nitrogens is 4. The fourth-order valence-electron chi connectivity index (χ4n) is 2.30. The van der Waals surface area contributed by atoms with Crippen LogP contribution in [-0.4, -0.2) is 33.2 Å². The molecule has 0 aromatic carbocycles. The van der Waals surface area contributed by atoms with Crippen molar-refractivity contribution in [2.24, 2.45) is 0 Å². The van der Waals surface area contributed by atoms with Gasteiger partial charge in [-0.05, 0) is 24.6 Å². The molecule has 3 aromatic rings. The SMILES string of the molecule is CCCCNc1ccc2ncc(-c3ccncc3OC)n2n1. The summed E-state index contributed by atoms with van der Waals surface area (Å²) < 4.78 is 7.21. The van der Waals surface area contributed by atoms with E-state index in [9.17, 15) is 0 Å². The van der Waals surface area contributed by atoms with Gasteiger partial charge in [-0.3, -0.25) is 4.98 Å². The number of fused-ring (bicyclic) bond motifs is 1. The monoisotopic (exact) mass is 297 g/mol. The van der Waals surface area contributed by atoms with Crippen LogP contribution in [0.2, 0.25) is 0 Å². The Kier molecular flexibility index (Phi) is 4.18. The number of nitrogens with one attached hydrogen (secondary N) is 1. The van der Waals surface area contributed by atoms with Crippen LogP contribution in [-0.2, 0) is 0 Å². The van der Waals surface area contributed by atoms with Crippen LogP contribution >= 0.6 is 0 Å². The first kappa shape index (κ1) is 14.3. The largest absolute Gasteiger partial charge is 0.494 e. The molecule has 0 fully saturated rings. The Morgan fingerprint density at radius 1 is 1.23 bits per heavy atom. The van der Waals surface area contributed by atoms with Gasteiger partial charge in [0, 0.05) is 18.3 Å². The van der Waals surface area contributed by atoms with E-state index in [0.717, 1.165) is 42.1 Å². The summed E-state index contributed by atoms with van der Waals surface area (Å²) in [5.41, 5.74) is 2.60. The van der Waals surface area contributed by atoms with Gasteiger partial charge in [0.2, 0.25) is 0 Å². The summed E-state index contributed by atoms with van der Waals surface area (Å²) in [6.07, 6.45) is 7.50. The summed E-state index contributed by atoms with van der Waals surface area (Å²) in [4.78, 5) is 8.49. The Morgan fingerprint density at radius 3 is 2.95 bits per heavy atom. The van der Waals surface area contributed by atoms with Gasteiger partial charge in [0.05, 0.1) is 25.2 Å². The third kappa shape index (κ3) is 2.72. The Hall–Kier alpha value is -2.63. The summed E-state index contributed by atoms with van der Waals surface area (Å²) in [5.74, 6) is 1.55. The number of hydrogen-bond donors (Lipinski definition) is 1. The molecule has 3 heterocycles. The van der Waals surface area contributed by atoms with Crippen molar-refractivity contribution in [2.45, 2.75) is 19.8 Å². The standard InChI is InChI=1S/C16H19N5O/c1-3-4-8-18-15-5-6-16-19-10-13(21(16)20-15)12-7-9-17-11-14(12)22-2/h5-7,9-11H,3-4,8H2,1-2H3,(H,18,20). The van der Waals surface area contributed by atoms with Gasteiger partial charge in [-0.2, -0.15) is 0 Å². The van der Waals surface area contributed by atoms with Crippen molar-refractivity contribution in [1.82, 2.24) is 19.6 Å². The highest BCUT2D eigenvalue weighted by Gasteiger charge is 2.12. The Labute approximate surface area is 129 Å². The maximum atomic E-state index is 5.38. The molecular weight excluding hydrogens is 278 g/mol. The van der Waals surface area contributed by atoms with Gasteiger partial charge in [0.25, 0.3) is 0 Å². The molecule has 0 saturated heterocycles. The molecule has 0 aliphatic rings. The van der Waals surface area contributed by atoms with Gasteiger partial charge in [0.1, 0.15) is 11.6 Å². The second-order valence-electron chi connectivity index (χ2n) is 4.99. The fourth-order valence-corrected chi connectivity index (χ4v) is 2.30. The molecule has 6 nitrogen and oxygen atoms in total. The number of pyridine rings is 1. The lowest BCUT2D eigenvalue weighted by Gasteiger charge is -2.08. The third-order valence-electron chi connectivity index (χ3n) is 3.48. The molecule has 0 bridgehead atoms. The summed E-state index contributed by atoms with van der Waals surface area (Å²) in [7, 11) is 1.63. The zero-order chi connectivity index (χ0) is 15.4. The fraction of sp³-hybridized carbons (Fsp3) is 0.312. The second kappa shape index (κ2) is 6.43.